The number of carbonyl (C=O) groups excluding carboxylic acids is 1. The van der Waals surface area contributed by atoms with Gasteiger partial charge in [-0.15, -0.1) is 0 Å². The molecule has 1 N–H and O–H groups in total. The summed E-state index contributed by atoms with van der Waals surface area (Å²) in [4.78, 5) is 13.4. The fourth-order valence-electron chi connectivity index (χ4n) is 1.94. The molecule has 0 bridgehead atoms. The van der Waals surface area contributed by atoms with Crippen molar-refractivity contribution in [2.45, 2.75) is 6.54 Å². The average molecular weight is 233 g/mol. The number of rotatable bonds is 3. The molecule has 0 spiro atoms. The van der Waals surface area contributed by atoms with E-state index in [2.05, 4.69) is 4.74 Å². The van der Waals surface area contributed by atoms with Gasteiger partial charge >= 0.3 is 5.97 Å². The number of esters is 1. The summed E-state index contributed by atoms with van der Waals surface area (Å²) >= 11 is 0. The van der Waals surface area contributed by atoms with Gasteiger partial charge in [0.15, 0.2) is 0 Å². The average Bonchev–Trinajstić information content (AvgIpc) is 2.70. The van der Waals surface area contributed by atoms with Gasteiger partial charge in [-0.3, -0.25) is 4.90 Å². The summed E-state index contributed by atoms with van der Waals surface area (Å²) in [7, 11) is 1.32. The molecule has 1 aliphatic heterocycles. The maximum Gasteiger partial charge on any atom is 0.338 e. The number of aliphatic hydroxyl groups is 1. The van der Waals surface area contributed by atoms with Crippen LogP contribution in [0.5, 0.6) is 0 Å². The molecule has 0 atom stereocenters. The second-order valence-corrected chi connectivity index (χ2v) is 4.05. The summed E-state index contributed by atoms with van der Waals surface area (Å²) in [5, 5.41) is 9.68. The third-order valence-corrected chi connectivity index (χ3v) is 2.78. The Morgan fingerprint density at radius 2 is 2.06 bits per heavy atom. The molecule has 1 aromatic rings. The van der Waals surface area contributed by atoms with E-state index >= 15 is 0 Å². The first-order valence-corrected chi connectivity index (χ1v) is 5.46. The van der Waals surface area contributed by atoms with Gasteiger partial charge in [-0.1, -0.05) is 30.3 Å². The summed E-state index contributed by atoms with van der Waals surface area (Å²) in [6.07, 6.45) is 0. The van der Waals surface area contributed by atoms with Gasteiger partial charge in [0, 0.05) is 13.1 Å². The van der Waals surface area contributed by atoms with Crippen molar-refractivity contribution >= 4 is 5.97 Å². The van der Waals surface area contributed by atoms with Crippen LogP contribution in [0.2, 0.25) is 0 Å². The highest BCUT2D eigenvalue weighted by Crippen LogP contribution is 2.18. The van der Waals surface area contributed by atoms with Gasteiger partial charge in [0.05, 0.1) is 19.2 Å². The lowest BCUT2D eigenvalue weighted by Crippen LogP contribution is -2.22. The van der Waals surface area contributed by atoms with E-state index < -0.39 is 5.97 Å². The number of hydrogen-bond acceptors (Lipinski definition) is 4. The standard InChI is InChI=1S/C13H15NO3/c1-17-13(16)11-8-14(9-12(11)15)7-10-5-3-2-4-6-10/h2-6,15H,7-9H2,1H3. The molecule has 0 fully saturated rings. The van der Waals surface area contributed by atoms with Crippen molar-refractivity contribution in [3.63, 3.8) is 0 Å². The first-order valence-electron chi connectivity index (χ1n) is 5.46. The first-order chi connectivity index (χ1) is 8.20. The quantitative estimate of drug-likeness (QED) is 0.803. The lowest BCUT2D eigenvalue weighted by atomic mass is 10.2. The summed E-state index contributed by atoms with van der Waals surface area (Å²) in [6.45, 7) is 1.55. The molecule has 1 aromatic carbocycles. The van der Waals surface area contributed by atoms with E-state index in [1.54, 1.807) is 0 Å². The zero-order valence-corrected chi connectivity index (χ0v) is 9.72. The molecular formula is C13H15NO3. The topological polar surface area (TPSA) is 49.8 Å². The maximum absolute atomic E-state index is 11.4. The Morgan fingerprint density at radius 1 is 1.35 bits per heavy atom. The van der Waals surface area contributed by atoms with Crippen LogP contribution < -0.4 is 0 Å². The van der Waals surface area contributed by atoms with Crippen molar-refractivity contribution in [3.8, 4) is 0 Å². The van der Waals surface area contributed by atoms with E-state index in [4.69, 9.17) is 0 Å². The minimum atomic E-state index is -0.446. The zero-order valence-electron chi connectivity index (χ0n) is 9.72. The Bertz CT molecular complexity index is 439. The van der Waals surface area contributed by atoms with Crippen LogP contribution in [0.15, 0.2) is 41.7 Å². The van der Waals surface area contributed by atoms with Crippen LogP contribution in [0, 0.1) is 0 Å². The fourth-order valence-corrected chi connectivity index (χ4v) is 1.94. The highest BCUT2D eigenvalue weighted by Gasteiger charge is 2.26. The minimum absolute atomic E-state index is 0.118. The predicted molar refractivity (Wildman–Crippen MR) is 63.4 cm³/mol. The van der Waals surface area contributed by atoms with Crippen LogP contribution in [0.1, 0.15) is 5.56 Å². The summed E-state index contributed by atoms with van der Waals surface area (Å²) in [5.74, 6) is -0.328. The second-order valence-electron chi connectivity index (χ2n) is 4.05. The van der Waals surface area contributed by atoms with Crippen LogP contribution in [0.4, 0.5) is 0 Å². The van der Waals surface area contributed by atoms with E-state index in [1.165, 1.54) is 7.11 Å². The van der Waals surface area contributed by atoms with Gasteiger partial charge in [0.1, 0.15) is 5.76 Å². The maximum atomic E-state index is 11.4. The Kier molecular flexibility index (Phi) is 3.44. The third-order valence-electron chi connectivity index (χ3n) is 2.78. The molecule has 0 unspecified atom stereocenters. The van der Waals surface area contributed by atoms with E-state index in [0.717, 1.165) is 5.56 Å². The van der Waals surface area contributed by atoms with Crippen LogP contribution in [0.3, 0.4) is 0 Å². The molecule has 0 aromatic heterocycles. The minimum Gasteiger partial charge on any atom is -0.510 e. The number of ether oxygens (including phenoxy) is 1. The smallest absolute Gasteiger partial charge is 0.338 e. The highest BCUT2D eigenvalue weighted by molar-refractivity contribution is 5.90. The van der Waals surface area contributed by atoms with Crippen molar-refractivity contribution in [1.82, 2.24) is 4.90 Å². The van der Waals surface area contributed by atoms with Crippen molar-refractivity contribution in [2.24, 2.45) is 0 Å². The summed E-state index contributed by atoms with van der Waals surface area (Å²) < 4.78 is 4.62. The van der Waals surface area contributed by atoms with E-state index in [1.807, 2.05) is 35.2 Å². The molecule has 4 heteroatoms. The molecule has 0 saturated heterocycles. The van der Waals surface area contributed by atoms with Gasteiger partial charge in [0.2, 0.25) is 0 Å². The third kappa shape index (κ3) is 2.65. The second kappa shape index (κ2) is 5.01. The van der Waals surface area contributed by atoms with Gasteiger partial charge in [-0.05, 0) is 5.56 Å². The first kappa shape index (κ1) is 11.7. The lowest BCUT2D eigenvalue weighted by Gasteiger charge is -2.14. The van der Waals surface area contributed by atoms with Crippen LogP contribution in [-0.4, -0.2) is 36.2 Å². The van der Waals surface area contributed by atoms with Gasteiger partial charge in [-0.25, -0.2) is 4.79 Å². The number of nitrogens with zero attached hydrogens (tertiary/aromatic N) is 1. The number of hydrogen-bond donors (Lipinski definition) is 1. The van der Waals surface area contributed by atoms with E-state index in [0.29, 0.717) is 25.2 Å². The molecule has 2 rings (SSSR count). The Hall–Kier alpha value is -1.81. The van der Waals surface area contributed by atoms with Crippen molar-refractivity contribution in [3.05, 3.63) is 47.2 Å². The lowest BCUT2D eigenvalue weighted by molar-refractivity contribution is -0.136. The van der Waals surface area contributed by atoms with Crippen LogP contribution >= 0.6 is 0 Å². The molecule has 0 radical (unpaired) electrons. The number of carbonyl (C=O) groups is 1. The number of aliphatic hydroxyl groups excluding tert-OH is 1. The van der Waals surface area contributed by atoms with Crippen LogP contribution in [0.25, 0.3) is 0 Å². The molecule has 4 nitrogen and oxygen atoms in total. The molecule has 1 aliphatic rings. The molecule has 1 heterocycles. The highest BCUT2D eigenvalue weighted by atomic mass is 16.5. The molecule has 0 amide bonds. The Morgan fingerprint density at radius 3 is 2.71 bits per heavy atom. The fraction of sp³-hybridized carbons (Fsp3) is 0.308. The Labute approximate surface area is 100 Å². The predicted octanol–water partition coefficient (Wildman–Crippen LogP) is 1.49. The van der Waals surface area contributed by atoms with Gasteiger partial charge in [-0.2, -0.15) is 0 Å². The molecule has 0 aliphatic carbocycles. The molecule has 17 heavy (non-hydrogen) atoms. The molecule has 90 valence electrons. The summed E-state index contributed by atoms with van der Waals surface area (Å²) in [6, 6.07) is 9.95. The normalized spacial score (nSPS) is 16.3. The van der Waals surface area contributed by atoms with E-state index in [9.17, 15) is 9.90 Å². The van der Waals surface area contributed by atoms with Crippen molar-refractivity contribution < 1.29 is 14.6 Å². The van der Waals surface area contributed by atoms with E-state index in [-0.39, 0.29) is 5.76 Å². The number of benzene rings is 1. The Balaban J connectivity index is 1.99. The SMILES string of the molecule is COC(=O)C1=C(O)CN(Cc2ccccc2)C1. The zero-order chi connectivity index (χ0) is 12.3. The summed E-state index contributed by atoms with van der Waals surface area (Å²) in [5.41, 5.74) is 1.52. The molecular weight excluding hydrogens is 218 g/mol. The van der Waals surface area contributed by atoms with Crippen molar-refractivity contribution in [2.75, 3.05) is 20.2 Å². The number of methoxy groups -OCH3 is 1. The monoisotopic (exact) mass is 233 g/mol. The van der Waals surface area contributed by atoms with Crippen molar-refractivity contribution in [1.29, 1.82) is 0 Å². The van der Waals surface area contributed by atoms with Gasteiger partial charge < -0.3 is 9.84 Å². The van der Waals surface area contributed by atoms with Gasteiger partial charge in [0.25, 0.3) is 0 Å². The van der Waals surface area contributed by atoms with Crippen LogP contribution in [-0.2, 0) is 16.1 Å². The molecule has 0 saturated carbocycles. The largest absolute Gasteiger partial charge is 0.510 e.